The fourth-order valence-electron chi connectivity index (χ4n) is 5.94. The molecule has 2 N–H and O–H groups in total. The molecule has 0 amide bonds. The lowest BCUT2D eigenvalue weighted by Gasteiger charge is -2.37. The zero-order chi connectivity index (χ0) is 22.0. The van der Waals surface area contributed by atoms with Crippen molar-refractivity contribution in [2.45, 2.75) is 64.4 Å². The zero-order valence-corrected chi connectivity index (χ0v) is 18.4. The largest absolute Gasteiger partial charge is 0.508 e. The minimum Gasteiger partial charge on any atom is -0.508 e. The van der Waals surface area contributed by atoms with E-state index in [4.69, 9.17) is 0 Å². The van der Waals surface area contributed by atoms with Gasteiger partial charge in [0, 0.05) is 16.9 Å². The predicted octanol–water partition coefficient (Wildman–Crippen LogP) is 7.13. The number of aliphatic hydroxyl groups is 1. The van der Waals surface area contributed by atoms with Crippen LogP contribution in [0.4, 0.5) is 4.39 Å². The van der Waals surface area contributed by atoms with Crippen LogP contribution < -0.4 is 0 Å². The molecule has 0 aliphatic heterocycles. The number of aromatic hydroxyl groups is 1. The van der Waals surface area contributed by atoms with Gasteiger partial charge in [-0.2, -0.15) is 0 Å². The molecule has 0 heterocycles. The lowest BCUT2D eigenvalue weighted by Crippen LogP contribution is -2.29. The quantitative estimate of drug-likeness (QED) is 0.446. The normalized spacial score (nSPS) is 25.1. The van der Waals surface area contributed by atoms with Gasteiger partial charge in [0.15, 0.2) is 0 Å². The van der Waals surface area contributed by atoms with E-state index in [9.17, 15) is 10.2 Å². The van der Waals surface area contributed by atoms with Gasteiger partial charge >= 0.3 is 0 Å². The van der Waals surface area contributed by atoms with Gasteiger partial charge in [0.25, 0.3) is 0 Å². The Morgan fingerprint density at radius 2 is 1.90 bits per heavy atom. The molecule has 4 rings (SSSR count). The standard InChI is InChI=1S/C28H33FO2/c1-3-4-5-7-12-21-17-24-26(31)15-16-28(24,19(2)20-10-8-6-9-11-20)27(21)23-18-22(30)13-14-25(23)29/h6,8-11,13-14,18,24,26,30-31H,2-5,7,12,15-17H2,1H3/t24?,26-,28+/m1/s1. The van der Waals surface area contributed by atoms with Gasteiger partial charge < -0.3 is 10.2 Å². The van der Waals surface area contributed by atoms with Crippen LogP contribution in [0, 0.1) is 17.2 Å². The number of benzene rings is 2. The van der Waals surface area contributed by atoms with Gasteiger partial charge in [0.05, 0.1) is 6.10 Å². The van der Waals surface area contributed by atoms with Gasteiger partial charge in [0.1, 0.15) is 11.6 Å². The highest BCUT2D eigenvalue weighted by Crippen LogP contribution is 2.66. The van der Waals surface area contributed by atoms with Gasteiger partial charge in [-0.1, -0.05) is 68.7 Å². The Balaban J connectivity index is 1.86. The summed E-state index contributed by atoms with van der Waals surface area (Å²) in [5.74, 6) is -0.254. The third-order valence-corrected chi connectivity index (χ3v) is 7.41. The molecule has 3 heteroatoms. The van der Waals surface area contributed by atoms with E-state index < -0.39 is 11.5 Å². The van der Waals surface area contributed by atoms with Crippen LogP contribution in [-0.4, -0.2) is 16.3 Å². The molecule has 164 valence electrons. The Morgan fingerprint density at radius 1 is 1.13 bits per heavy atom. The van der Waals surface area contributed by atoms with Crippen LogP contribution in [-0.2, 0) is 0 Å². The second-order valence-corrected chi connectivity index (χ2v) is 9.19. The Labute approximate surface area is 185 Å². The SMILES string of the molecule is C=C(c1ccccc1)[C@@]12CC[C@@H](O)C1CC(CCCCCC)=C2c1cc(O)ccc1F. The monoisotopic (exact) mass is 420 g/mol. The number of unbranched alkanes of at least 4 members (excludes halogenated alkanes) is 3. The Morgan fingerprint density at radius 3 is 2.65 bits per heavy atom. The third-order valence-electron chi connectivity index (χ3n) is 7.41. The van der Waals surface area contributed by atoms with Crippen LogP contribution in [0.25, 0.3) is 11.1 Å². The zero-order valence-electron chi connectivity index (χ0n) is 18.4. The highest BCUT2D eigenvalue weighted by atomic mass is 19.1. The van der Waals surface area contributed by atoms with Crippen LogP contribution >= 0.6 is 0 Å². The molecule has 0 bridgehead atoms. The lowest BCUT2D eigenvalue weighted by atomic mass is 9.66. The van der Waals surface area contributed by atoms with Crippen molar-refractivity contribution in [3.63, 3.8) is 0 Å². The van der Waals surface area contributed by atoms with E-state index in [0.717, 1.165) is 48.8 Å². The minimum absolute atomic E-state index is 0.00173. The second kappa shape index (κ2) is 9.00. The van der Waals surface area contributed by atoms with Crippen molar-refractivity contribution >= 4 is 11.1 Å². The van der Waals surface area contributed by atoms with Crippen molar-refractivity contribution < 1.29 is 14.6 Å². The van der Waals surface area contributed by atoms with E-state index in [1.165, 1.54) is 30.5 Å². The maximum atomic E-state index is 15.2. The van der Waals surface area contributed by atoms with Crippen LogP contribution in [0.1, 0.15) is 69.4 Å². The van der Waals surface area contributed by atoms with E-state index >= 15 is 4.39 Å². The summed E-state index contributed by atoms with van der Waals surface area (Å²) >= 11 is 0. The van der Waals surface area contributed by atoms with E-state index in [2.05, 4.69) is 25.6 Å². The smallest absolute Gasteiger partial charge is 0.131 e. The summed E-state index contributed by atoms with van der Waals surface area (Å²) in [6, 6.07) is 14.4. The first kappa shape index (κ1) is 21.8. The Hall–Kier alpha value is -2.39. The van der Waals surface area contributed by atoms with Crippen molar-refractivity contribution in [2.75, 3.05) is 0 Å². The molecule has 0 radical (unpaired) electrons. The van der Waals surface area contributed by atoms with Gasteiger partial charge in [-0.05, 0) is 67.0 Å². The predicted molar refractivity (Wildman–Crippen MR) is 125 cm³/mol. The summed E-state index contributed by atoms with van der Waals surface area (Å²) in [6.45, 7) is 6.71. The average molecular weight is 421 g/mol. The molecular weight excluding hydrogens is 387 g/mol. The molecule has 0 aromatic heterocycles. The van der Waals surface area contributed by atoms with Crippen LogP contribution in [0.5, 0.6) is 5.75 Å². The average Bonchev–Trinajstić information content (AvgIpc) is 3.28. The molecule has 2 aromatic rings. The van der Waals surface area contributed by atoms with Gasteiger partial charge in [-0.15, -0.1) is 0 Å². The van der Waals surface area contributed by atoms with E-state index in [-0.39, 0.29) is 17.5 Å². The number of halogens is 1. The van der Waals surface area contributed by atoms with Crippen molar-refractivity contribution in [1.82, 2.24) is 0 Å². The number of fused-ring (bicyclic) bond motifs is 1. The summed E-state index contributed by atoms with van der Waals surface area (Å²) in [5, 5.41) is 21.2. The number of hydrogen-bond donors (Lipinski definition) is 2. The molecule has 2 aliphatic carbocycles. The summed E-state index contributed by atoms with van der Waals surface area (Å²) in [6.07, 6.45) is 7.24. The van der Waals surface area contributed by atoms with Crippen molar-refractivity contribution in [2.24, 2.45) is 11.3 Å². The number of aliphatic hydroxyl groups excluding tert-OH is 1. The molecule has 2 nitrogen and oxygen atoms in total. The van der Waals surface area contributed by atoms with Crippen molar-refractivity contribution in [3.05, 3.63) is 77.6 Å². The lowest BCUT2D eigenvalue weighted by molar-refractivity contribution is 0.119. The maximum absolute atomic E-state index is 15.2. The summed E-state index contributed by atoms with van der Waals surface area (Å²) in [4.78, 5) is 0. The molecule has 31 heavy (non-hydrogen) atoms. The number of allylic oxidation sites excluding steroid dienone is 3. The number of phenols is 1. The van der Waals surface area contributed by atoms with Crippen LogP contribution in [0.15, 0.2) is 60.7 Å². The third kappa shape index (κ3) is 3.85. The molecule has 0 spiro atoms. The van der Waals surface area contributed by atoms with E-state index in [0.29, 0.717) is 12.0 Å². The van der Waals surface area contributed by atoms with E-state index in [1.807, 2.05) is 18.2 Å². The summed E-state index contributed by atoms with van der Waals surface area (Å²) in [5.41, 5.74) is 4.14. The number of phenolic OH excluding ortho intramolecular Hbond substituents is 1. The molecule has 2 aromatic carbocycles. The molecule has 2 aliphatic rings. The van der Waals surface area contributed by atoms with E-state index in [1.54, 1.807) is 6.07 Å². The maximum Gasteiger partial charge on any atom is 0.131 e. The topological polar surface area (TPSA) is 40.5 Å². The Bertz CT molecular complexity index is 978. The molecule has 3 atom stereocenters. The van der Waals surface area contributed by atoms with Gasteiger partial charge in [-0.3, -0.25) is 0 Å². The van der Waals surface area contributed by atoms with Crippen molar-refractivity contribution in [3.8, 4) is 5.75 Å². The second-order valence-electron chi connectivity index (χ2n) is 9.19. The van der Waals surface area contributed by atoms with Gasteiger partial charge in [-0.25, -0.2) is 4.39 Å². The highest BCUT2D eigenvalue weighted by Gasteiger charge is 2.57. The fourth-order valence-corrected chi connectivity index (χ4v) is 5.94. The molecule has 1 saturated carbocycles. The molecular formula is C28H33FO2. The van der Waals surface area contributed by atoms with Crippen LogP contribution in [0.3, 0.4) is 0 Å². The van der Waals surface area contributed by atoms with Crippen molar-refractivity contribution in [1.29, 1.82) is 0 Å². The fraction of sp³-hybridized carbons (Fsp3) is 0.429. The minimum atomic E-state index is -0.504. The first-order chi connectivity index (χ1) is 15.0. The summed E-state index contributed by atoms with van der Waals surface area (Å²) < 4.78 is 15.2. The number of rotatable bonds is 8. The first-order valence-electron chi connectivity index (χ1n) is 11.6. The first-order valence-corrected chi connectivity index (χ1v) is 11.6. The number of hydrogen-bond acceptors (Lipinski definition) is 2. The molecule has 1 fully saturated rings. The summed E-state index contributed by atoms with van der Waals surface area (Å²) in [7, 11) is 0. The van der Waals surface area contributed by atoms with Crippen LogP contribution in [0.2, 0.25) is 0 Å². The Kier molecular flexibility index (Phi) is 6.34. The van der Waals surface area contributed by atoms with Gasteiger partial charge in [0.2, 0.25) is 0 Å². The highest BCUT2D eigenvalue weighted by molar-refractivity contribution is 5.90. The molecule has 1 unspecified atom stereocenters. The molecule has 0 saturated heterocycles.